The zero-order chi connectivity index (χ0) is 28.4. The second-order valence-electron chi connectivity index (χ2n) is 11.6. The summed E-state index contributed by atoms with van der Waals surface area (Å²) in [7, 11) is -1.44. The highest BCUT2D eigenvalue weighted by molar-refractivity contribution is 6.71. The summed E-state index contributed by atoms with van der Waals surface area (Å²) in [5.74, 6) is -1.01. The molecule has 2 saturated heterocycles. The minimum absolute atomic E-state index is 0.0551. The van der Waals surface area contributed by atoms with Crippen molar-refractivity contribution in [2.45, 2.75) is 75.8 Å². The molecule has 0 saturated carbocycles. The number of nitrogens with zero attached hydrogens (tertiary/aromatic N) is 1. The first-order valence-corrected chi connectivity index (χ1v) is 17.1. The van der Waals surface area contributed by atoms with Crippen molar-refractivity contribution in [2.75, 3.05) is 43.6 Å². The number of amides is 2. The largest absolute Gasteiger partial charge is 0.469 e. The number of carbonyl (C=O) groups excluding carboxylic acids is 3. The molecule has 3 aliphatic heterocycles. The van der Waals surface area contributed by atoms with Gasteiger partial charge in [-0.2, -0.15) is 0 Å². The molecule has 10 nitrogen and oxygen atoms in total. The van der Waals surface area contributed by atoms with E-state index in [2.05, 4.69) is 10.6 Å². The Kier molecular flexibility index (Phi) is 9.17. The van der Waals surface area contributed by atoms with Crippen molar-refractivity contribution < 1.29 is 33.8 Å². The summed E-state index contributed by atoms with van der Waals surface area (Å²) in [6.45, 7) is 7.49. The lowest BCUT2D eigenvalue weighted by Crippen LogP contribution is -2.46. The van der Waals surface area contributed by atoms with Gasteiger partial charge in [-0.1, -0.05) is 6.92 Å². The van der Waals surface area contributed by atoms with Crippen LogP contribution >= 0.6 is 0 Å². The number of hydrogen-bond donors (Lipinski definition) is 4. The number of aliphatic hydroxyl groups is 1. The normalized spacial score (nSPS) is 28.6. The van der Waals surface area contributed by atoms with E-state index in [1.165, 1.54) is 7.11 Å². The van der Waals surface area contributed by atoms with Gasteiger partial charge in [0.05, 0.1) is 24.8 Å². The number of esters is 1. The molecule has 3 heterocycles. The number of benzene rings is 1. The SMILES string of the molecule is COC(=O)CCCCN1C(=O)[C@@]2(O[C@@H](CCO)[C@H]([Si](C)(C)O)[C@H]2C)c2cc(NC(=O)C3CCCNC3)ccc21. The van der Waals surface area contributed by atoms with Gasteiger partial charge >= 0.3 is 5.97 Å². The summed E-state index contributed by atoms with van der Waals surface area (Å²) in [5.41, 5.74) is 0.386. The van der Waals surface area contributed by atoms with Gasteiger partial charge in [-0.25, -0.2) is 0 Å². The third-order valence-electron chi connectivity index (χ3n) is 8.57. The zero-order valence-electron chi connectivity index (χ0n) is 23.5. The minimum atomic E-state index is -2.80. The summed E-state index contributed by atoms with van der Waals surface area (Å²) in [6, 6.07) is 5.51. The number of nitrogens with one attached hydrogen (secondary N) is 2. The van der Waals surface area contributed by atoms with Crippen molar-refractivity contribution in [1.82, 2.24) is 5.32 Å². The van der Waals surface area contributed by atoms with E-state index in [1.807, 2.05) is 38.2 Å². The van der Waals surface area contributed by atoms with Crippen LogP contribution in [0.25, 0.3) is 0 Å². The molecule has 2 fully saturated rings. The number of hydrogen-bond acceptors (Lipinski definition) is 8. The van der Waals surface area contributed by atoms with Gasteiger partial charge in [0.1, 0.15) is 0 Å². The Morgan fingerprint density at radius 2 is 2.08 bits per heavy atom. The van der Waals surface area contributed by atoms with E-state index in [9.17, 15) is 24.3 Å². The van der Waals surface area contributed by atoms with Crippen LogP contribution in [0.3, 0.4) is 0 Å². The Hall–Kier alpha value is -2.31. The molecule has 0 radical (unpaired) electrons. The van der Waals surface area contributed by atoms with Gasteiger partial charge in [-0.3, -0.25) is 14.4 Å². The van der Waals surface area contributed by atoms with Gasteiger partial charge < -0.3 is 34.9 Å². The van der Waals surface area contributed by atoms with Crippen LogP contribution in [0.5, 0.6) is 0 Å². The number of unbranched alkanes of at least 4 members (excludes halogenated alkanes) is 1. The zero-order valence-corrected chi connectivity index (χ0v) is 24.5. The number of fused-ring (bicyclic) bond motifs is 2. The Morgan fingerprint density at radius 1 is 1.31 bits per heavy atom. The molecule has 0 aliphatic carbocycles. The standard InChI is InChI=1S/C28H43N3O7Si/c1-18-25(39(3,4)36)23(12-15-32)38-28(18)21-16-20(30-26(34)19-8-7-13-29-17-19)10-11-22(21)31(27(28)35)14-6-5-9-24(33)37-2/h10-11,16,18-19,23,25,29,32,36H,5-9,12-15,17H2,1-4H3,(H,30,34)/t18-,19?,23+,25-,28+/m1/s1. The monoisotopic (exact) mass is 561 g/mol. The number of piperidine rings is 1. The van der Waals surface area contributed by atoms with Gasteiger partial charge in [-0.05, 0) is 69.9 Å². The van der Waals surface area contributed by atoms with Gasteiger partial charge in [0.15, 0.2) is 13.9 Å². The van der Waals surface area contributed by atoms with Crippen molar-refractivity contribution in [3.8, 4) is 0 Å². The lowest BCUT2D eigenvalue weighted by Gasteiger charge is -2.32. The molecule has 11 heteroatoms. The van der Waals surface area contributed by atoms with Crippen LogP contribution < -0.4 is 15.5 Å². The maximum Gasteiger partial charge on any atom is 0.305 e. The van der Waals surface area contributed by atoms with Crippen LogP contribution in [-0.2, 0) is 29.5 Å². The third-order valence-corrected chi connectivity index (χ3v) is 11.1. The third kappa shape index (κ3) is 5.78. The first kappa shape index (κ1) is 29.7. The van der Waals surface area contributed by atoms with Crippen LogP contribution in [0, 0.1) is 11.8 Å². The predicted octanol–water partition coefficient (Wildman–Crippen LogP) is 2.49. The summed E-state index contributed by atoms with van der Waals surface area (Å²) in [5, 5.41) is 16.1. The second kappa shape index (κ2) is 12.1. The van der Waals surface area contributed by atoms with Crippen molar-refractivity contribution >= 4 is 37.5 Å². The summed E-state index contributed by atoms with van der Waals surface area (Å²) in [4.78, 5) is 51.8. The average molecular weight is 562 g/mol. The first-order chi connectivity index (χ1) is 18.5. The fourth-order valence-electron chi connectivity index (χ4n) is 6.74. The summed E-state index contributed by atoms with van der Waals surface area (Å²) in [6.07, 6.45) is 3.07. The minimum Gasteiger partial charge on any atom is -0.469 e. The molecule has 3 aliphatic rings. The molecule has 5 atom stereocenters. The van der Waals surface area contributed by atoms with Crippen LogP contribution in [0.15, 0.2) is 18.2 Å². The quantitative estimate of drug-likeness (QED) is 0.194. The van der Waals surface area contributed by atoms with Crippen molar-refractivity contribution in [3.63, 3.8) is 0 Å². The van der Waals surface area contributed by atoms with E-state index in [4.69, 9.17) is 9.47 Å². The molecule has 1 unspecified atom stereocenters. The summed E-state index contributed by atoms with van der Waals surface area (Å²) < 4.78 is 11.4. The van der Waals surface area contributed by atoms with E-state index in [0.29, 0.717) is 49.3 Å². The number of anilines is 2. The van der Waals surface area contributed by atoms with E-state index >= 15 is 0 Å². The van der Waals surface area contributed by atoms with Gasteiger partial charge in [-0.15, -0.1) is 0 Å². The van der Waals surface area contributed by atoms with Crippen LogP contribution in [0.1, 0.15) is 51.0 Å². The molecular formula is C28H43N3O7Si. The molecule has 4 rings (SSSR count). The average Bonchev–Trinajstić information content (AvgIpc) is 3.33. The van der Waals surface area contributed by atoms with Gasteiger partial charge in [0, 0.05) is 48.8 Å². The fourth-order valence-corrected chi connectivity index (χ4v) is 9.34. The van der Waals surface area contributed by atoms with E-state index in [-0.39, 0.29) is 48.2 Å². The molecule has 1 aromatic rings. The number of aliphatic hydroxyl groups excluding tert-OH is 1. The number of methoxy groups -OCH3 is 1. The lowest BCUT2D eigenvalue weighted by atomic mass is 9.82. The van der Waals surface area contributed by atoms with Crippen LogP contribution in [-0.4, -0.2) is 75.5 Å². The van der Waals surface area contributed by atoms with E-state index < -0.39 is 20.0 Å². The number of carbonyl (C=O) groups is 3. The number of ether oxygens (including phenoxy) is 2. The smallest absolute Gasteiger partial charge is 0.305 e. The maximum absolute atomic E-state index is 14.3. The van der Waals surface area contributed by atoms with Crippen molar-refractivity contribution in [2.24, 2.45) is 11.8 Å². The highest BCUT2D eigenvalue weighted by Crippen LogP contribution is 2.59. The van der Waals surface area contributed by atoms with Gasteiger partial charge in [0.2, 0.25) is 5.91 Å². The Morgan fingerprint density at radius 3 is 2.72 bits per heavy atom. The molecule has 39 heavy (non-hydrogen) atoms. The molecule has 4 N–H and O–H groups in total. The van der Waals surface area contributed by atoms with Crippen molar-refractivity contribution in [3.05, 3.63) is 23.8 Å². The van der Waals surface area contributed by atoms with E-state index in [1.54, 1.807) is 4.90 Å². The lowest BCUT2D eigenvalue weighted by molar-refractivity contribution is -0.146. The second-order valence-corrected chi connectivity index (χ2v) is 15.6. The summed E-state index contributed by atoms with van der Waals surface area (Å²) >= 11 is 0. The maximum atomic E-state index is 14.3. The van der Waals surface area contributed by atoms with Crippen LogP contribution in [0.4, 0.5) is 11.4 Å². The van der Waals surface area contributed by atoms with Gasteiger partial charge in [0.25, 0.3) is 5.91 Å². The Bertz CT molecular complexity index is 1070. The first-order valence-electron chi connectivity index (χ1n) is 14.1. The highest BCUT2D eigenvalue weighted by atomic mass is 28.4. The Labute approximate surface area is 231 Å². The fraction of sp³-hybridized carbons (Fsp3) is 0.679. The molecule has 1 spiro atoms. The predicted molar refractivity (Wildman–Crippen MR) is 150 cm³/mol. The highest BCUT2D eigenvalue weighted by Gasteiger charge is 2.66. The van der Waals surface area contributed by atoms with Crippen molar-refractivity contribution in [1.29, 1.82) is 0 Å². The molecule has 216 valence electrons. The molecule has 1 aromatic carbocycles. The molecular weight excluding hydrogens is 518 g/mol. The Balaban J connectivity index is 1.68. The van der Waals surface area contributed by atoms with Crippen LogP contribution in [0.2, 0.25) is 18.6 Å². The molecule has 0 aromatic heterocycles. The number of rotatable bonds is 10. The molecule has 2 amide bonds. The molecule has 0 bridgehead atoms. The van der Waals surface area contributed by atoms with E-state index in [0.717, 1.165) is 19.4 Å². The topological polar surface area (TPSA) is 137 Å².